The van der Waals surface area contributed by atoms with Crippen LogP contribution in [0.3, 0.4) is 0 Å². The van der Waals surface area contributed by atoms with Gasteiger partial charge in [-0.2, -0.15) is 12.6 Å². The summed E-state index contributed by atoms with van der Waals surface area (Å²) in [5.74, 6) is 2.67. The van der Waals surface area contributed by atoms with Crippen molar-refractivity contribution in [1.29, 1.82) is 0 Å². The van der Waals surface area contributed by atoms with Gasteiger partial charge in [0, 0.05) is 24.4 Å². The molecule has 0 atom stereocenters. The van der Waals surface area contributed by atoms with Crippen molar-refractivity contribution in [2.75, 3.05) is 26.5 Å². The molecule has 1 rings (SSSR count). The monoisotopic (exact) mass is 255 g/mol. The second-order valence-electron chi connectivity index (χ2n) is 3.92. The van der Waals surface area contributed by atoms with Crippen molar-refractivity contribution in [3.05, 3.63) is 22.8 Å². The Kier molecular flexibility index (Phi) is 5.65. The number of nitrogens with one attached hydrogen (secondary N) is 1. The van der Waals surface area contributed by atoms with Crippen molar-refractivity contribution in [2.45, 2.75) is 20.4 Å². The van der Waals surface area contributed by atoms with Gasteiger partial charge in [0.15, 0.2) is 0 Å². The van der Waals surface area contributed by atoms with Gasteiger partial charge in [0.2, 0.25) is 0 Å². The molecule has 17 heavy (non-hydrogen) atoms. The van der Waals surface area contributed by atoms with E-state index in [0.29, 0.717) is 0 Å². The molecule has 0 aromatic heterocycles. The molecule has 0 aliphatic heterocycles. The van der Waals surface area contributed by atoms with E-state index in [-0.39, 0.29) is 0 Å². The number of rotatable bonds is 6. The highest BCUT2D eigenvalue weighted by molar-refractivity contribution is 7.80. The van der Waals surface area contributed by atoms with Gasteiger partial charge in [-0.3, -0.25) is 0 Å². The summed E-state index contributed by atoms with van der Waals surface area (Å²) in [7, 11) is 3.40. The minimum atomic E-state index is 0.765. The third-order valence-electron chi connectivity index (χ3n) is 2.90. The van der Waals surface area contributed by atoms with Crippen molar-refractivity contribution in [3.8, 4) is 11.5 Å². The van der Waals surface area contributed by atoms with Crippen LogP contribution in [0.4, 0.5) is 0 Å². The maximum absolute atomic E-state index is 5.47. The molecule has 1 aromatic carbocycles. The maximum Gasteiger partial charge on any atom is 0.126 e. The van der Waals surface area contributed by atoms with Crippen LogP contribution in [0.25, 0.3) is 0 Å². The SMILES string of the molecule is COc1cc(CNCCS)c(OC)c(C)c1C. The topological polar surface area (TPSA) is 30.5 Å². The lowest BCUT2D eigenvalue weighted by molar-refractivity contribution is 0.392. The summed E-state index contributed by atoms with van der Waals surface area (Å²) in [6.07, 6.45) is 0. The van der Waals surface area contributed by atoms with Gasteiger partial charge in [0.25, 0.3) is 0 Å². The van der Waals surface area contributed by atoms with Crippen LogP contribution in [0.2, 0.25) is 0 Å². The molecule has 0 bridgehead atoms. The van der Waals surface area contributed by atoms with E-state index < -0.39 is 0 Å². The van der Waals surface area contributed by atoms with Gasteiger partial charge in [0.05, 0.1) is 14.2 Å². The summed E-state index contributed by atoms with van der Waals surface area (Å²) >= 11 is 4.17. The van der Waals surface area contributed by atoms with Crippen molar-refractivity contribution in [2.24, 2.45) is 0 Å². The van der Waals surface area contributed by atoms with Crippen LogP contribution in [0.15, 0.2) is 6.07 Å². The molecule has 4 heteroatoms. The summed E-state index contributed by atoms with van der Waals surface area (Å²) in [6, 6.07) is 2.03. The quantitative estimate of drug-likeness (QED) is 0.604. The highest BCUT2D eigenvalue weighted by Gasteiger charge is 2.13. The molecule has 0 saturated heterocycles. The van der Waals surface area contributed by atoms with Gasteiger partial charge in [-0.25, -0.2) is 0 Å². The third kappa shape index (κ3) is 3.30. The standard InChI is InChI=1S/C13H21NO2S/c1-9-10(2)13(16-4)11(7-12(9)15-3)8-14-5-6-17/h7,14,17H,5-6,8H2,1-4H3. The Balaban J connectivity index is 3.04. The smallest absolute Gasteiger partial charge is 0.126 e. The van der Waals surface area contributed by atoms with E-state index >= 15 is 0 Å². The van der Waals surface area contributed by atoms with E-state index in [9.17, 15) is 0 Å². The largest absolute Gasteiger partial charge is 0.496 e. The van der Waals surface area contributed by atoms with Crippen molar-refractivity contribution >= 4 is 12.6 Å². The minimum absolute atomic E-state index is 0.765. The average Bonchev–Trinajstić information content (AvgIpc) is 2.34. The fourth-order valence-corrected chi connectivity index (χ4v) is 2.02. The number of methoxy groups -OCH3 is 2. The molecule has 0 spiro atoms. The Bertz CT molecular complexity index is 380. The van der Waals surface area contributed by atoms with Crippen LogP contribution < -0.4 is 14.8 Å². The van der Waals surface area contributed by atoms with Gasteiger partial charge < -0.3 is 14.8 Å². The first kappa shape index (κ1) is 14.2. The van der Waals surface area contributed by atoms with Crippen molar-refractivity contribution in [3.63, 3.8) is 0 Å². The van der Waals surface area contributed by atoms with Gasteiger partial charge in [-0.05, 0) is 31.0 Å². The first-order chi connectivity index (χ1) is 8.15. The van der Waals surface area contributed by atoms with Crippen LogP contribution in [0, 0.1) is 13.8 Å². The van der Waals surface area contributed by atoms with Gasteiger partial charge in [-0.1, -0.05) is 0 Å². The van der Waals surface area contributed by atoms with Gasteiger partial charge in [-0.15, -0.1) is 0 Å². The molecule has 1 aromatic rings. The van der Waals surface area contributed by atoms with E-state index in [4.69, 9.17) is 9.47 Å². The fourth-order valence-electron chi connectivity index (χ4n) is 1.86. The van der Waals surface area contributed by atoms with Crippen LogP contribution in [0.5, 0.6) is 11.5 Å². The number of benzene rings is 1. The van der Waals surface area contributed by atoms with E-state index in [1.54, 1.807) is 14.2 Å². The molecule has 0 fully saturated rings. The summed E-state index contributed by atoms with van der Waals surface area (Å²) in [5.41, 5.74) is 3.38. The van der Waals surface area contributed by atoms with E-state index in [1.165, 1.54) is 0 Å². The van der Waals surface area contributed by atoms with Crippen molar-refractivity contribution in [1.82, 2.24) is 5.32 Å². The van der Waals surface area contributed by atoms with Crippen LogP contribution in [0.1, 0.15) is 16.7 Å². The fraction of sp³-hybridized carbons (Fsp3) is 0.538. The second kappa shape index (κ2) is 6.77. The average molecular weight is 255 g/mol. The molecular weight excluding hydrogens is 234 g/mol. The minimum Gasteiger partial charge on any atom is -0.496 e. The first-order valence-electron chi connectivity index (χ1n) is 5.68. The van der Waals surface area contributed by atoms with E-state index in [0.717, 1.165) is 47.0 Å². The molecule has 0 saturated carbocycles. The predicted molar refractivity (Wildman–Crippen MR) is 74.6 cm³/mol. The maximum atomic E-state index is 5.47. The molecule has 0 radical (unpaired) electrons. The molecule has 0 amide bonds. The lowest BCUT2D eigenvalue weighted by Crippen LogP contribution is -2.16. The predicted octanol–water partition coefficient (Wildman–Crippen LogP) is 2.34. The molecule has 0 aliphatic rings. The molecule has 3 nitrogen and oxygen atoms in total. The second-order valence-corrected chi connectivity index (χ2v) is 4.37. The van der Waals surface area contributed by atoms with Gasteiger partial charge >= 0.3 is 0 Å². The number of thiol groups is 1. The lowest BCUT2D eigenvalue weighted by atomic mass is 10.0. The molecule has 96 valence electrons. The third-order valence-corrected chi connectivity index (χ3v) is 3.12. The zero-order chi connectivity index (χ0) is 12.8. The summed E-state index contributed by atoms with van der Waals surface area (Å²) < 4.78 is 10.8. The molecule has 0 aliphatic carbocycles. The zero-order valence-electron chi connectivity index (χ0n) is 11.0. The number of hydrogen-bond donors (Lipinski definition) is 2. The first-order valence-corrected chi connectivity index (χ1v) is 6.31. The summed E-state index contributed by atoms with van der Waals surface area (Å²) in [6.45, 7) is 5.74. The van der Waals surface area contributed by atoms with Crippen LogP contribution in [-0.2, 0) is 6.54 Å². The lowest BCUT2D eigenvalue weighted by Gasteiger charge is -2.17. The van der Waals surface area contributed by atoms with Crippen molar-refractivity contribution < 1.29 is 9.47 Å². The van der Waals surface area contributed by atoms with E-state index in [1.807, 2.05) is 13.0 Å². The highest BCUT2D eigenvalue weighted by atomic mass is 32.1. The Morgan fingerprint density at radius 1 is 1.18 bits per heavy atom. The molecule has 1 N–H and O–H groups in total. The summed E-state index contributed by atoms with van der Waals surface area (Å²) in [4.78, 5) is 0. The molecule has 0 unspecified atom stereocenters. The Hall–Kier alpha value is -0.870. The summed E-state index contributed by atoms with van der Waals surface area (Å²) in [5, 5.41) is 3.31. The Morgan fingerprint density at radius 3 is 2.41 bits per heavy atom. The van der Waals surface area contributed by atoms with Crippen LogP contribution >= 0.6 is 12.6 Å². The number of ether oxygens (including phenoxy) is 2. The normalized spacial score (nSPS) is 10.4. The Labute approximate surface area is 109 Å². The van der Waals surface area contributed by atoms with E-state index in [2.05, 4.69) is 24.9 Å². The Morgan fingerprint density at radius 2 is 1.88 bits per heavy atom. The van der Waals surface area contributed by atoms with Crippen LogP contribution in [-0.4, -0.2) is 26.5 Å². The molecular formula is C13H21NO2S. The zero-order valence-corrected chi connectivity index (χ0v) is 11.9. The highest BCUT2D eigenvalue weighted by Crippen LogP contribution is 2.33. The number of hydrogen-bond acceptors (Lipinski definition) is 4. The molecule has 0 heterocycles. The van der Waals surface area contributed by atoms with Gasteiger partial charge in [0.1, 0.15) is 11.5 Å².